The highest BCUT2D eigenvalue weighted by molar-refractivity contribution is 7.91. The number of rotatable bonds is 5. The van der Waals surface area contributed by atoms with Crippen LogP contribution in [0.5, 0.6) is 0 Å². The van der Waals surface area contributed by atoms with E-state index in [4.69, 9.17) is 0 Å². The van der Waals surface area contributed by atoms with Crippen molar-refractivity contribution in [1.29, 1.82) is 0 Å². The second-order valence-electron chi connectivity index (χ2n) is 5.08. The fraction of sp³-hybridized carbons (Fsp3) is 0.133. The quantitative estimate of drug-likeness (QED) is 0.847. The molecule has 0 heterocycles. The Bertz CT molecular complexity index is 983. The minimum atomic E-state index is -4.72. The largest absolute Gasteiger partial charge is 0.341 e. The second kappa shape index (κ2) is 6.89. The van der Waals surface area contributed by atoms with Crippen molar-refractivity contribution in [3.8, 4) is 0 Å². The monoisotopic (exact) mass is 389 g/mol. The molecule has 0 bridgehead atoms. The van der Waals surface area contributed by atoms with Gasteiger partial charge in [0, 0.05) is 17.5 Å². The highest BCUT2D eigenvalue weighted by Crippen LogP contribution is 2.19. The van der Waals surface area contributed by atoms with Crippen molar-refractivity contribution in [3.05, 3.63) is 54.1 Å². The molecule has 2 rings (SSSR count). The van der Waals surface area contributed by atoms with E-state index in [1.807, 2.05) is 0 Å². The number of hydrogen-bond acceptors (Lipinski definition) is 5. The zero-order valence-electron chi connectivity index (χ0n) is 12.8. The Hall–Kier alpha value is -2.33. The lowest BCUT2D eigenvalue weighted by molar-refractivity contribution is 0.102. The topological polar surface area (TPSA) is 97.4 Å². The Labute approximate surface area is 143 Å². The Balaban J connectivity index is 2.16. The van der Waals surface area contributed by atoms with E-state index < -0.39 is 36.2 Å². The number of carbonyl (C=O) groups excluding carboxylic acids is 1. The van der Waals surface area contributed by atoms with E-state index in [0.29, 0.717) is 5.69 Å². The molecule has 0 spiro atoms. The lowest BCUT2D eigenvalue weighted by Gasteiger charge is -2.07. The van der Waals surface area contributed by atoms with Gasteiger partial charge in [-0.25, -0.2) is 16.8 Å². The minimum Gasteiger partial charge on any atom is -0.322 e. The summed E-state index contributed by atoms with van der Waals surface area (Å²) in [6.45, 7) is 0. The van der Waals surface area contributed by atoms with Gasteiger partial charge in [-0.1, -0.05) is 0 Å². The van der Waals surface area contributed by atoms with E-state index >= 15 is 0 Å². The summed E-state index contributed by atoms with van der Waals surface area (Å²) in [4.78, 5) is 11.6. The van der Waals surface area contributed by atoms with Gasteiger partial charge in [-0.3, -0.25) is 4.79 Å². The van der Waals surface area contributed by atoms with Gasteiger partial charge in [-0.05, 0) is 48.5 Å². The molecule has 0 fully saturated rings. The molecule has 134 valence electrons. The first kappa shape index (κ1) is 19.0. The third-order valence-electron chi connectivity index (χ3n) is 3.22. The van der Waals surface area contributed by atoms with Crippen LogP contribution in [0.2, 0.25) is 0 Å². The molecule has 0 atom stereocenters. The van der Waals surface area contributed by atoms with Crippen LogP contribution < -0.4 is 5.32 Å². The average molecular weight is 389 g/mol. The number of amides is 1. The fourth-order valence-corrected chi connectivity index (χ4v) is 3.24. The van der Waals surface area contributed by atoms with Gasteiger partial charge in [0.1, 0.15) is 0 Å². The van der Waals surface area contributed by atoms with Crippen molar-refractivity contribution in [2.75, 3.05) is 11.6 Å². The van der Waals surface area contributed by atoms with E-state index in [2.05, 4.69) is 5.32 Å². The summed E-state index contributed by atoms with van der Waals surface area (Å²) in [5.41, 5.74) is 0.377. The summed E-state index contributed by atoms with van der Waals surface area (Å²) in [5.74, 6) is -4.14. The first-order valence-corrected chi connectivity index (χ1v) is 10.2. The molecular weight excluding hydrogens is 376 g/mol. The molecule has 0 aromatic heterocycles. The summed E-state index contributed by atoms with van der Waals surface area (Å²) in [6, 6.07) is 9.48. The number of carbonyl (C=O) groups is 1. The average Bonchev–Trinajstić information content (AvgIpc) is 2.54. The molecule has 0 aliphatic heterocycles. The normalized spacial score (nSPS) is 12.2. The summed E-state index contributed by atoms with van der Waals surface area (Å²) < 4.78 is 70.3. The number of halogens is 2. The standard InChI is InChI=1S/C15H13F2NO5S2/c1-24(20,21)12-8-4-11(5-9-12)18-14(19)10-2-6-13(7-3-10)25(22,23)15(16)17/h2-9,15H,1H3,(H,18,19). The van der Waals surface area contributed by atoms with E-state index in [9.17, 15) is 30.4 Å². The van der Waals surface area contributed by atoms with Crippen molar-refractivity contribution in [3.63, 3.8) is 0 Å². The summed E-state index contributed by atoms with van der Waals surface area (Å²) in [6.07, 6.45) is 1.05. The lowest BCUT2D eigenvalue weighted by Crippen LogP contribution is -2.14. The number of benzene rings is 2. The lowest BCUT2D eigenvalue weighted by atomic mass is 10.2. The Morgan fingerprint density at radius 3 is 1.80 bits per heavy atom. The number of sulfone groups is 2. The Morgan fingerprint density at radius 2 is 1.36 bits per heavy atom. The maximum Gasteiger partial charge on any atom is 0.341 e. The predicted octanol–water partition coefficient (Wildman–Crippen LogP) is 2.34. The molecule has 0 radical (unpaired) electrons. The molecule has 0 aliphatic carbocycles. The van der Waals surface area contributed by atoms with Gasteiger partial charge in [-0.2, -0.15) is 8.78 Å². The molecule has 0 saturated heterocycles. The van der Waals surface area contributed by atoms with Gasteiger partial charge in [0.05, 0.1) is 9.79 Å². The van der Waals surface area contributed by atoms with Crippen LogP contribution in [0.15, 0.2) is 58.3 Å². The van der Waals surface area contributed by atoms with E-state index in [-0.39, 0.29) is 10.5 Å². The molecule has 25 heavy (non-hydrogen) atoms. The van der Waals surface area contributed by atoms with Crippen LogP contribution in [0.3, 0.4) is 0 Å². The van der Waals surface area contributed by atoms with Crippen LogP contribution in [0.25, 0.3) is 0 Å². The van der Waals surface area contributed by atoms with Gasteiger partial charge < -0.3 is 5.32 Å². The van der Waals surface area contributed by atoms with Crippen molar-refractivity contribution in [2.45, 2.75) is 15.5 Å². The van der Waals surface area contributed by atoms with Crippen LogP contribution in [-0.4, -0.2) is 34.8 Å². The van der Waals surface area contributed by atoms with Crippen molar-refractivity contribution in [1.82, 2.24) is 0 Å². The smallest absolute Gasteiger partial charge is 0.322 e. The van der Waals surface area contributed by atoms with Gasteiger partial charge in [-0.15, -0.1) is 0 Å². The highest BCUT2D eigenvalue weighted by Gasteiger charge is 2.26. The number of alkyl halides is 2. The molecule has 2 aromatic rings. The van der Waals surface area contributed by atoms with Crippen molar-refractivity contribution >= 4 is 31.3 Å². The Morgan fingerprint density at radius 1 is 0.880 bits per heavy atom. The first-order chi connectivity index (χ1) is 11.5. The zero-order valence-corrected chi connectivity index (χ0v) is 14.4. The SMILES string of the molecule is CS(=O)(=O)c1ccc(NC(=O)c2ccc(S(=O)(=O)C(F)F)cc2)cc1. The second-order valence-corrected chi connectivity index (χ2v) is 9.01. The third-order valence-corrected chi connectivity index (χ3v) is 5.75. The summed E-state index contributed by atoms with van der Waals surface area (Å²) in [7, 11) is -8.08. The molecule has 6 nitrogen and oxygen atoms in total. The van der Waals surface area contributed by atoms with E-state index in [0.717, 1.165) is 30.5 Å². The molecule has 1 amide bonds. The number of nitrogens with one attached hydrogen (secondary N) is 1. The van der Waals surface area contributed by atoms with E-state index in [1.165, 1.54) is 24.3 Å². The van der Waals surface area contributed by atoms with Crippen molar-refractivity contribution < 1.29 is 30.4 Å². The Kier molecular flexibility index (Phi) is 5.23. The van der Waals surface area contributed by atoms with Gasteiger partial charge in [0.2, 0.25) is 9.84 Å². The van der Waals surface area contributed by atoms with Crippen LogP contribution in [0.1, 0.15) is 10.4 Å². The molecular formula is C15H13F2NO5S2. The highest BCUT2D eigenvalue weighted by atomic mass is 32.2. The number of hydrogen-bond donors (Lipinski definition) is 1. The van der Waals surface area contributed by atoms with Crippen LogP contribution in [-0.2, 0) is 19.7 Å². The molecule has 0 aliphatic rings. The van der Waals surface area contributed by atoms with Crippen LogP contribution >= 0.6 is 0 Å². The molecule has 2 aromatic carbocycles. The van der Waals surface area contributed by atoms with Gasteiger partial charge in [0.25, 0.3) is 5.91 Å². The molecule has 0 unspecified atom stereocenters. The van der Waals surface area contributed by atoms with Gasteiger partial charge >= 0.3 is 5.76 Å². The molecule has 0 saturated carbocycles. The maximum atomic E-state index is 12.5. The zero-order chi connectivity index (χ0) is 18.8. The van der Waals surface area contributed by atoms with Crippen LogP contribution in [0.4, 0.5) is 14.5 Å². The summed E-state index contributed by atoms with van der Waals surface area (Å²) >= 11 is 0. The third kappa shape index (κ3) is 4.40. The maximum absolute atomic E-state index is 12.5. The molecule has 10 heteroatoms. The summed E-state index contributed by atoms with van der Waals surface area (Å²) in [5, 5.41) is 2.49. The predicted molar refractivity (Wildman–Crippen MR) is 87.1 cm³/mol. The fourth-order valence-electron chi connectivity index (χ4n) is 1.89. The van der Waals surface area contributed by atoms with Gasteiger partial charge in [0.15, 0.2) is 9.84 Å². The number of anilines is 1. The van der Waals surface area contributed by atoms with Crippen molar-refractivity contribution in [2.24, 2.45) is 0 Å². The minimum absolute atomic E-state index is 0.0559. The van der Waals surface area contributed by atoms with E-state index in [1.54, 1.807) is 0 Å². The first-order valence-electron chi connectivity index (χ1n) is 6.75. The molecule has 1 N–H and O–H groups in total. The van der Waals surface area contributed by atoms with Crippen LogP contribution in [0, 0.1) is 0 Å².